The summed E-state index contributed by atoms with van der Waals surface area (Å²) in [6.07, 6.45) is 2.53. The smallest absolute Gasteiger partial charge is 0.256 e. The molecule has 1 aliphatic heterocycles. The number of fused-ring (bicyclic) bond motifs is 1. The maximum Gasteiger partial charge on any atom is 0.256 e. The second kappa shape index (κ2) is 6.22. The molecule has 6 heteroatoms. The van der Waals surface area contributed by atoms with E-state index in [-0.39, 0.29) is 11.9 Å². The van der Waals surface area contributed by atoms with Gasteiger partial charge in [0, 0.05) is 29.6 Å². The van der Waals surface area contributed by atoms with Gasteiger partial charge in [-0.05, 0) is 36.0 Å². The predicted octanol–water partition coefficient (Wildman–Crippen LogP) is 3.01. The molecule has 1 atom stereocenters. The third-order valence-corrected chi connectivity index (χ3v) is 4.73. The molecule has 1 aromatic heterocycles. The maximum atomic E-state index is 12.9. The molecule has 2 heterocycles. The Labute approximate surface area is 150 Å². The van der Waals surface area contributed by atoms with Crippen molar-refractivity contribution in [2.75, 3.05) is 12.0 Å². The molecule has 1 saturated heterocycles. The molecule has 0 aliphatic carbocycles. The van der Waals surface area contributed by atoms with Crippen molar-refractivity contribution in [2.24, 2.45) is 0 Å². The van der Waals surface area contributed by atoms with E-state index in [1.54, 1.807) is 13.2 Å². The molecule has 0 radical (unpaired) electrons. The van der Waals surface area contributed by atoms with Gasteiger partial charge in [0.1, 0.15) is 11.8 Å². The zero-order valence-corrected chi connectivity index (χ0v) is 14.5. The minimum Gasteiger partial charge on any atom is -0.497 e. The standard InChI is InChI=1S/C19H17N3O2S/c1-24-14-6-4-5-13(10-14)22-18(23)17(21-19(22)25)9-12-11-20-16-8-3-2-7-15(12)16/h2-8,10-11,17,20H,9H2,1H3,(H,21,25)/t17-/m1/s1. The van der Waals surface area contributed by atoms with E-state index in [1.165, 1.54) is 4.90 Å². The van der Waals surface area contributed by atoms with Gasteiger partial charge in [-0.3, -0.25) is 9.69 Å². The number of nitrogens with one attached hydrogen (secondary N) is 2. The van der Waals surface area contributed by atoms with Gasteiger partial charge in [-0.2, -0.15) is 0 Å². The van der Waals surface area contributed by atoms with Gasteiger partial charge in [-0.15, -0.1) is 0 Å². The number of amides is 1. The normalized spacial score (nSPS) is 17.2. The third-order valence-electron chi connectivity index (χ3n) is 4.43. The Hall–Kier alpha value is -2.86. The lowest BCUT2D eigenvalue weighted by Crippen LogP contribution is -2.32. The molecule has 4 rings (SSSR count). The Morgan fingerprint density at radius 1 is 1.20 bits per heavy atom. The summed E-state index contributed by atoms with van der Waals surface area (Å²) in [6.45, 7) is 0. The van der Waals surface area contributed by atoms with Gasteiger partial charge < -0.3 is 15.0 Å². The topological polar surface area (TPSA) is 57.4 Å². The summed E-state index contributed by atoms with van der Waals surface area (Å²) >= 11 is 5.39. The molecular formula is C19H17N3O2S. The number of anilines is 1. The number of rotatable bonds is 4. The van der Waals surface area contributed by atoms with Crippen molar-refractivity contribution in [3.63, 3.8) is 0 Å². The monoisotopic (exact) mass is 351 g/mol. The lowest BCUT2D eigenvalue weighted by molar-refractivity contribution is -0.118. The Morgan fingerprint density at radius 2 is 2.04 bits per heavy atom. The van der Waals surface area contributed by atoms with E-state index in [2.05, 4.69) is 16.4 Å². The van der Waals surface area contributed by atoms with Crippen molar-refractivity contribution < 1.29 is 9.53 Å². The van der Waals surface area contributed by atoms with E-state index >= 15 is 0 Å². The van der Waals surface area contributed by atoms with Crippen molar-refractivity contribution in [2.45, 2.75) is 12.5 Å². The molecule has 1 fully saturated rings. The fourth-order valence-electron chi connectivity index (χ4n) is 3.18. The first-order valence-electron chi connectivity index (χ1n) is 8.01. The minimum absolute atomic E-state index is 0.0523. The summed E-state index contributed by atoms with van der Waals surface area (Å²) in [7, 11) is 1.60. The number of hydrogen-bond acceptors (Lipinski definition) is 3. The molecular weight excluding hydrogens is 334 g/mol. The summed E-state index contributed by atoms with van der Waals surface area (Å²) < 4.78 is 5.24. The highest BCUT2D eigenvalue weighted by molar-refractivity contribution is 7.80. The molecule has 5 nitrogen and oxygen atoms in total. The van der Waals surface area contributed by atoms with Gasteiger partial charge >= 0.3 is 0 Å². The highest BCUT2D eigenvalue weighted by Crippen LogP contribution is 2.26. The number of H-pyrrole nitrogens is 1. The fourth-order valence-corrected chi connectivity index (χ4v) is 3.52. The molecule has 0 bridgehead atoms. The van der Waals surface area contributed by atoms with Crippen LogP contribution in [0, 0.1) is 0 Å². The van der Waals surface area contributed by atoms with Crippen molar-refractivity contribution in [3.8, 4) is 5.75 Å². The lowest BCUT2D eigenvalue weighted by atomic mass is 10.0. The number of aromatic nitrogens is 1. The van der Waals surface area contributed by atoms with Crippen molar-refractivity contribution in [1.82, 2.24) is 10.3 Å². The van der Waals surface area contributed by atoms with Crippen molar-refractivity contribution >= 4 is 39.8 Å². The number of methoxy groups -OCH3 is 1. The first-order chi connectivity index (χ1) is 12.2. The SMILES string of the molecule is COc1cccc(N2C(=O)[C@@H](Cc3c[nH]c4ccccc34)NC2=S)c1. The largest absolute Gasteiger partial charge is 0.497 e. The van der Waals surface area contributed by atoms with Crippen LogP contribution < -0.4 is 15.0 Å². The van der Waals surface area contributed by atoms with Gasteiger partial charge in [0.2, 0.25) is 0 Å². The number of carbonyl (C=O) groups excluding carboxylic acids is 1. The van der Waals surface area contributed by atoms with Crippen LogP contribution in [0.4, 0.5) is 5.69 Å². The third kappa shape index (κ3) is 2.74. The van der Waals surface area contributed by atoms with Crippen LogP contribution in [0.15, 0.2) is 54.7 Å². The van der Waals surface area contributed by atoms with Gasteiger partial charge in [0.15, 0.2) is 5.11 Å². The van der Waals surface area contributed by atoms with Crippen LogP contribution in [-0.2, 0) is 11.2 Å². The zero-order chi connectivity index (χ0) is 17.4. The van der Waals surface area contributed by atoms with E-state index in [0.717, 1.165) is 16.5 Å². The minimum atomic E-state index is -0.377. The maximum absolute atomic E-state index is 12.9. The van der Waals surface area contributed by atoms with E-state index in [1.807, 2.05) is 42.6 Å². The number of carbonyl (C=O) groups is 1. The van der Waals surface area contributed by atoms with Crippen molar-refractivity contribution in [3.05, 3.63) is 60.3 Å². The highest BCUT2D eigenvalue weighted by Gasteiger charge is 2.36. The van der Waals surface area contributed by atoms with E-state index in [4.69, 9.17) is 17.0 Å². The van der Waals surface area contributed by atoms with E-state index < -0.39 is 0 Å². The predicted molar refractivity (Wildman–Crippen MR) is 102 cm³/mol. The zero-order valence-electron chi connectivity index (χ0n) is 13.7. The lowest BCUT2D eigenvalue weighted by Gasteiger charge is -2.15. The molecule has 0 unspecified atom stereocenters. The number of aromatic amines is 1. The summed E-state index contributed by atoms with van der Waals surface area (Å²) in [5, 5.41) is 4.69. The number of para-hydroxylation sites is 1. The first-order valence-corrected chi connectivity index (χ1v) is 8.41. The number of hydrogen-bond donors (Lipinski definition) is 2. The fraction of sp³-hybridized carbons (Fsp3) is 0.158. The average molecular weight is 351 g/mol. The van der Waals surface area contributed by atoms with Crippen LogP contribution >= 0.6 is 12.2 Å². The van der Waals surface area contributed by atoms with Crippen LogP contribution in [0.1, 0.15) is 5.56 Å². The molecule has 2 N–H and O–H groups in total. The molecule has 2 aromatic carbocycles. The quantitative estimate of drug-likeness (QED) is 0.710. The molecule has 25 heavy (non-hydrogen) atoms. The summed E-state index contributed by atoms with van der Waals surface area (Å²) in [5.41, 5.74) is 2.87. The number of nitrogens with zero attached hydrogens (tertiary/aromatic N) is 1. The Balaban J connectivity index is 1.60. The summed E-state index contributed by atoms with van der Waals surface area (Å²) in [5.74, 6) is 0.636. The Bertz CT molecular complexity index is 966. The van der Waals surface area contributed by atoms with Gasteiger partial charge in [0.05, 0.1) is 12.8 Å². The van der Waals surface area contributed by atoms with E-state index in [9.17, 15) is 4.79 Å². The molecule has 0 spiro atoms. The molecule has 0 saturated carbocycles. The average Bonchev–Trinajstić information content (AvgIpc) is 3.16. The van der Waals surface area contributed by atoms with Crippen molar-refractivity contribution in [1.29, 1.82) is 0 Å². The Kier molecular flexibility index (Phi) is 3.89. The highest BCUT2D eigenvalue weighted by atomic mass is 32.1. The van der Waals surface area contributed by atoms with Gasteiger partial charge in [0.25, 0.3) is 5.91 Å². The molecule has 3 aromatic rings. The number of thiocarbonyl (C=S) groups is 1. The van der Waals surface area contributed by atoms with E-state index in [0.29, 0.717) is 23.0 Å². The number of benzene rings is 2. The van der Waals surface area contributed by atoms with Gasteiger partial charge in [-0.1, -0.05) is 24.3 Å². The molecule has 126 valence electrons. The molecule has 1 aliphatic rings. The van der Waals surface area contributed by atoms with Crippen LogP contribution in [0.5, 0.6) is 5.75 Å². The van der Waals surface area contributed by atoms with Crippen LogP contribution in [-0.4, -0.2) is 29.2 Å². The number of ether oxygens (including phenoxy) is 1. The second-order valence-electron chi connectivity index (χ2n) is 5.94. The van der Waals surface area contributed by atoms with Crippen LogP contribution in [0.3, 0.4) is 0 Å². The van der Waals surface area contributed by atoms with Gasteiger partial charge in [-0.25, -0.2) is 0 Å². The first kappa shape index (κ1) is 15.7. The Morgan fingerprint density at radius 3 is 2.88 bits per heavy atom. The van der Waals surface area contributed by atoms with Crippen LogP contribution in [0.25, 0.3) is 10.9 Å². The second-order valence-corrected chi connectivity index (χ2v) is 6.33. The summed E-state index contributed by atoms with van der Waals surface area (Å²) in [4.78, 5) is 17.7. The summed E-state index contributed by atoms with van der Waals surface area (Å²) in [6, 6.07) is 15.0. The molecule has 1 amide bonds. The van der Waals surface area contributed by atoms with Crippen LogP contribution in [0.2, 0.25) is 0 Å².